The molecule has 13 heteroatoms. The number of carbonyl (C=O) groups is 2. The molecule has 3 rings (SSSR count). The summed E-state index contributed by atoms with van der Waals surface area (Å²) in [5.41, 5.74) is -1.32. The molecular weight excluding hydrogens is 484 g/mol. The maximum absolute atomic E-state index is 13.0. The number of benzene rings is 1. The molecule has 0 radical (unpaired) electrons. The van der Waals surface area contributed by atoms with Crippen molar-refractivity contribution in [2.24, 2.45) is 0 Å². The lowest BCUT2D eigenvalue weighted by Gasteiger charge is -2.35. The topological polar surface area (TPSA) is 147 Å². The molecule has 0 saturated heterocycles. The number of halogens is 1. The quantitative estimate of drug-likeness (QED) is 0.408. The Morgan fingerprint density at radius 2 is 1.83 bits per heavy atom. The standard InChI is InChI=1S/C22H27FN3O8P/c1-3-33-35(32,34-4-2)10-9-26-17(27)13-25-12-16(19(28)20(29)18(25)22(26)31)21(30)24-11-14-5-7-15(23)8-6-14/h5-8,12,17,27,29H,3-4,9-11,13H2,1-2H3,(H,24,30). The predicted octanol–water partition coefficient (Wildman–Crippen LogP) is 1.66. The summed E-state index contributed by atoms with van der Waals surface area (Å²) in [6.45, 7) is 3.06. The summed E-state index contributed by atoms with van der Waals surface area (Å²) in [6, 6.07) is 5.38. The van der Waals surface area contributed by atoms with Gasteiger partial charge in [-0.2, -0.15) is 0 Å². The first-order valence-electron chi connectivity index (χ1n) is 11.0. The summed E-state index contributed by atoms with van der Waals surface area (Å²) in [6.07, 6.45) is -0.503. The lowest BCUT2D eigenvalue weighted by Crippen LogP contribution is -2.50. The zero-order valence-electron chi connectivity index (χ0n) is 19.3. The van der Waals surface area contributed by atoms with Crippen LogP contribution in [0.2, 0.25) is 0 Å². The van der Waals surface area contributed by atoms with Crippen molar-refractivity contribution in [3.63, 3.8) is 0 Å². The van der Waals surface area contributed by atoms with Crippen molar-refractivity contribution in [1.29, 1.82) is 0 Å². The molecular formula is C22H27FN3O8P. The smallest absolute Gasteiger partial charge is 0.332 e. The highest BCUT2D eigenvalue weighted by Gasteiger charge is 2.37. The Labute approximate surface area is 200 Å². The Kier molecular flexibility index (Phi) is 8.44. The highest BCUT2D eigenvalue weighted by molar-refractivity contribution is 7.53. The lowest BCUT2D eigenvalue weighted by molar-refractivity contribution is -0.0101. The SMILES string of the molecule is CCOP(=O)(CCN1C(=O)c2c(O)c(=O)c(C(=O)NCc3ccc(F)cc3)cn2CC1O)OCC. The molecule has 2 heterocycles. The van der Waals surface area contributed by atoms with Crippen LogP contribution in [0.4, 0.5) is 4.39 Å². The first kappa shape index (κ1) is 26.6. The molecule has 0 aliphatic carbocycles. The summed E-state index contributed by atoms with van der Waals surface area (Å²) in [7, 11) is -3.51. The van der Waals surface area contributed by atoms with Crippen molar-refractivity contribution in [3.8, 4) is 5.75 Å². The van der Waals surface area contributed by atoms with Gasteiger partial charge in [-0.1, -0.05) is 12.1 Å². The number of aliphatic hydroxyl groups excluding tert-OH is 1. The number of amides is 2. The normalized spacial score (nSPS) is 15.7. The van der Waals surface area contributed by atoms with Crippen LogP contribution in [0.5, 0.6) is 5.75 Å². The van der Waals surface area contributed by atoms with E-state index in [-0.39, 0.29) is 39.0 Å². The first-order valence-corrected chi connectivity index (χ1v) is 12.7. The van der Waals surface area contributed by atoms with Gasteiger partial charge in [0.1, 0.15) is 17.6 Å². The van der Waals surface area contributed by atoms with E-state index < -0.39 is 53.9 Å². The van der Waals surface area contributed by atoms with Crippen molar-refractivity contribution in [3.05, 3.63) is 63.3 Å². The van der Waals surface area contributed by atoms with Gasteiger partial charge in [0.25, 0.3) is 11.8 Å². The molecule has 11 nitrogen and oxygen atoms in total. The van der Waals surface area contributed by atoms with Gasteiger partial charge in [0.2, 0.25) is 5.43 Å². The van der Waals surface area contributed by atoms with Crippen LogP contribution in [0, 0.1) is 5.82 Å². The van der Waals surface area contributed by atoms with Crippen LogP contribution in [0.25, 0.3) is 0 Å². The van der Waals surface area contributed by atoms with Crippen LogP contribution in [-0.2, 0) is 26.7 Å². The summed E-state index contributed by atoms with van der Waals surface area (Å²) >= 11 is 0. The number of nitrogens with zero attached hydrogens (tertiary/aromatic N) is 2. The number of carbonyl (C=O) groups excluding carboxylic acids is 2. The number of hydrogen-bond donors (Lipinski definition) is 3. The number of aromatic hydroxyl groups is 1. The molecule has 1 aromatic carbocycles. The maximum atomic E-state index is 13.0. The molecule has 1 unspecified atom stereocenters. The fourth-order valence-electron chi connectivity index (χ4n) is 3.65. The average Bonchev–Trinajstić information content (AvgIpc) is 2.80. The minimum atomic E-state index is -3.51. The minimum Gasteiger partial charge on any atom is -0.503 e. The van der Waals surface area contributed by atoms with E-state index in [0.717, 1.165) is 15.7 Å². The van der Waals surface area contributed by atoms with E-state index in [4.69, 9.17) is 9.05 Å². The first-order chi connectivity index (χ1) is 16.6. The van der Waals surface area contributed by atoms with Crippen LogP contribution in [0.1, 0.15) is 40.3 Å². The van der Waals surface area contributed by atoms with E-state index in [0.29, 0.717) is 5.56 Å². The maximum Gasteiger partial charge on any atom is 0.332 e. The molecule has 1 aliphatic rings. The molecule has 1 aliphatic heterocycles. The molecule has 190 valence electrons. The molecule has 35 heavy (non-hydrogen) atoms. The van der Waals surface area contributed by atoms with Crippen molar-refractivity contribution in [2.75, 3.05) is 25.9 Å². The third kappa shape index (κ3) is 5.96. The Hall–Kier alpha value is -3.05. The highest BCUT2D eigenvalue weighted by atomic mass is 31.2. The van der Waals surface area contributed by atoms with E-state index in [2.05, 4.69) is 5.32 Å². The van der Waals surface area contributed by atoms with E-state index in [1.165, 1.54) is 24.3 Å². The van der Waals surface area contributed by atoms with Gasteiger partial charge in [0, 0.05) is 19.3 Å². The predicted molar refractivity (Wildman–Crippen MR) is 123 cm³/mol. The molecule has 2 amide bonds. The Balaban J connectivity index is 1.80. The third-order valence-electron chi connectivity index (χ3n) is 5.32. The van der Waals surface area contributed by atoms with E-state index in [1.54, 1.807) is 13.8 Å². The van der Waals surface area contributed by atoms with Crippen molar-refractivity contribution >= 4 is 19.4 Å². The van der Waals surface area contributed by atoms with Gasteiger partial charge in [-0.25, -0.2) is 4.39 Å². The van der Waals surface area contributed by atoms with Gasteiger partial charge in [0.15, 0.2) is 11.4 Å². The van der Waals surface area contributed by atoms with Crippen molar-refractivity contribution in [2.45, 2.75) is 33.2 Å². The zero-order chi connectivity index (χ0) is 25.8. The van der Waals surface area contributed by atoms with Gasteiger partial charge in [-0.05, 0) is 31.5 Å². The number of pyridine rings is 1. The molecule has 0 bridgehead atoms. The fourth-order valence-corrected chi connectivity index (χ4v) is 5.23. The largest absolute Gasteiger partial charge is 0.503 e. The molecule has 2 aromatic rings. The summed E-state index contributed by atoms with van der Waals surface area (Å²) in [4.78, 5) is 39.2. The zero-order valence-corrected chi connectivity index (χ0v) is 20.2. The molecule has 1 atom stereocenters. The van der Waals surface area contributed by atoms with Gasteiger partial charge >= 0.3 is 7.60 Å². The van der Waals surface area contributed by atoms with Crippen LogP contribution in [0.3, 0.4) is 0 Å². The van der Waals surface area contributed by atoms with Crippen molar-refractivity contribution < 1.29 is 37.8 Å². The second-order valence-corrected chi connectivity index (χ2v) is 9.87. The van der Waals surface area contributed by atoms with Gasteiger partial charge in [0.05, 0.1) is 25.9 Å². The number of rotatable bonds is 10. The van der Waals surface area contributed by atoms with E-state index in [1.807, 2.05) is 0 Å². The van der Waals surface area contributed by atoms with E-state index >= 15 is 0 Å². The third-order valence-corrected chi connectivity index (χ3v) is 7.37. The fraction of sp³-hybridized carbons (Fsp3) is 0.409. The van der Waals surface area contributed by atoms with Gasteiger partial charge in [-0.15, -0.1) is 0 Å². The Morgan fingerprint density at radius 3 is 2.43 bits per heavy atom. The van der Waals surface area contributed by atoms with Gasteiger partial charge < -0.3 is 34.0 Å². The summed E-state index contributed by atoms with van der Waals surface area (Å²) < 4.78 is 37.3. The number of nitrogens with one attached hydrogen (secondary N) is 1. The van der Waals surface area contributed by atoms with Crippen LogP contribution in [-0.4, -0.2) is 63.6 Å². The van der Waals surface area contributed by atoms with Crippen LogP contribution < -0.4 is 10.7 Å². The monoisotopic (exact) mass is 511 g/mol. The summed E-state index contributed by atoms with van der Waals surface area (Å²) in [5.74, 6) is -3.08. The summed E-state index contributed by atoms with van der Waals surface area (Å²) in [5, 5.41) is 23.5. The second-order valence-electron chi connectivity index (χ2n) is 7.68. The number of fused-ring (bicyclic) bond motifs is 1. The average molecular weight is 511 g/mol. The Bertz CT molecular complexity index is 1190. The minimum absolute atomic E-state index is 0.00385. The van der Waals surface area contributed by atoms with Gasteiger partial charge in [-0.3, -0.25) is 18.9 Å². The molecule has 0 fully saturated rings. The second kappa shape index (κ2) is 11.1. The molecule has 0 spiro atoms. The van der Waals surface area contributed by atoms with E-state index in [9.17, 15) is 33.6 Å². The number of aromatic nitrogens is 1. The molecule has 3 N–H and O–H groups in total. The Morgan fingerprint density at radius 1 is 1.20 bits per heavy atom. The number of hydrogen-bond acceptors (Lipinski definition) is 8. The van der Waals surface area contributed by atoms with Crippen molar-refractivity contribution in [1.82, 2.24) is 14.8 Å². The molecule has 0 saturated carbocycles. The highest BCUT2D eigenvalue weighted by Crippen LogP contribution is 2.47. The molecule has 1 aromatic heterocycles. The van der Waals surface area contributed by atoms with Crippen LogP contribution >= 0.6 is 7.60 Å². The van der Waals surface area contributed by atoms with Crippen LogP contribution in [0.15, 0.2) is 35.3 Å². The lowest BCUT2D eigenvalue weighted by atomic mass is 10.1. The number of aliphatic hydroxyl groups is 1.